The van der Waals surface area contributed by atoms with Crippen LogP contribution in [0.3, 0.4) is 0 Å². The van der Waals surface area contributed by atoms with Gasteiger partial charge in [-0.2, -0.15) is 0 Å². The molecule has 35 heavy (non-hydrogen) atoms. The Balaban J connectivity index is 2.24. The number of carbonyl (C=O) groups is 4. The molecule has 1 aliphatic heterocycles. The molecule has 0 N–H and O–H groups in total. The molecule has 0 fully saturated rings. The van der Waals surface area contributed by atoms with Gasteiger partial charge < -0.3 is 18.9 Å². The average molecular weight is 489 g/mol. The van der Waals surface area contributed by atoms with Crippen molar-refractivity contribution in [2.45, 2.75) is 98.6 Å². The van der Waals surface area contributed by atoms with Crippen LogP contribution in [0.1, 0.15) is 74.1 Å². The number of fused-ring (bicyclic) bond motifs is 2. The maximum atomic E-state index is 12.6. The van der Waals surface area contributed by atoms with Crippen molar-refractivity contribution in [3.05, 3.63) is 34.4 Å². The monoisotopic (exact) mass is 488 g/mol. The predicted octanol–water partition coefficient (Wildman–Crippen LogP) is 4.13. The first-order valence-corrected chi connectivity index (χ1v) is 12.2. The minimum atomic E-state index is -0.948. The van der Waals surface area contributed by atoms with Crippen LogP contribution in [0.2, 0.25) is 0 Å². The Hall–Kier alpha value is -2.90. The first-order valence-electron chi connectivity index (χ1n) is 12.2. The number of esters is 4. The van der Waals surface area contributed by atoms with Crippen molar-refractivity contribution in [2.24, 2.45) is 11.3 Å². The number of allylic oxidation sites excluding steroid dienone is 2. The molecule has 0 radical (unpaired) electrons. The molecule has 6 atom stereocenters. The summed E-state index contributed by atoms with van der Waals surface area (Å²) in [6.07, 6.45) is 2.61. The highest BCUT2D eigenvalue weighted by molar-refractivity contribution is 5.92. The minimum Gasteiger partial charge on any atom is -0.462 e. The molecule has 0 saturated heterocycles. The van der Waals surface area contributed by atoms with Crippen LogP contribution in [-0.4, -0.2) is 48.3 Å². The Morgan fingerprint density at radius 1 is 1.06 bits per heavy atom. The lowest BCUT2D eigenvalue weighted by molar-refractivity contribution is -0.198. The normalized spacial score (nSPS) is 34.4. The van der Waals surface area contributed by atoms with Gasteiger partial charge in [0.15, 0.2) is 12.2 Å². The molecular formula is C27H36O8. The Morgan fingerprint density at radius 2 is 1.71 bits per heavy atom. The van der Waals surface area contributed by atoms with Crippen LogP contribution in [0, 0.1) is 11.3 Å². The van der Waals surface area contributed by atoms with Crippen molar-refractivity contribution in [1.29, 1.82) is 0 Å². The Bertz CT molecular complexity index is 1000. The van der Waals surface area contributed by atoms with E-state index >= 15 is 0 Å². The lowest BCUT2D eigenvalue weighted by Gasteiger charge is -2.52. The van der Waals surface area contributed by atoms with Gasteiger partial charge in [-0.05, 0) is 63.7 Å². The molecule has 1 unspecified atom stereocenters. The topological polar surface area (TPSA) is 105 Å². The molecule has 0 bridgehead atoms. The molecular weight excluding hydrogens is 452 g/mol. The van der Waals surface area contributed by atoms with Crippen molar-refractivity contribution in [3.63, 3.8) is 0 Å². The zero-order valence-electron chi connectivity index (χ0n) is 21.6. The maximum Gasteiger partial charge on any atom is 0.334 e. The Kier molecular flexibility index (Phi) is 7.92. The fourth-order valence-corrected chi connectivity index (χ4v) is 5.64. The van der Waals surface area contributed by atoms with E-state index in [2.05, 4.69) is 0 Å². The first kappa shape index (κ1) is 26.7. The second-order valence-corrected chi connectivity index (χ2v) is 10.00. The molecule has 0 aromatic heterocycles. The third-order valence-corrected chi connectivity index (χ3v) is 7.52. The van der Waals surface area contributed by atoms with Crippen LogP contribution >= 0.6 is 0 Å². The van der Waals surface area contributed by atoms with Gasteiger partial charge in [0.2, 0.25) is 0 Å². The molecule has 1 heterocycles. The van der Waals surface area contributed by atoms with E-state index in [0.29, 0.717) is 24.8 Å². The van der Waals surface area contributed by atoms with Gasteiger partial charge in [0.1, 0.15) is 12.2 Å². The summed E-state index contributed by atoms with van der Waals surface area (Å²) >= 11 is 0. The number of carbonyl (C=O) groups excluding carboxylic acids is 4. The van der Waals surface area contributed by atoms with Gasteiger partial charge in [-0.25, -0.2) is 4.79 Å². The van der Waals surface area contributed by atoms with Gasteiger partial charge in [0.05, 0.1) is 5.41 Å². The predicted molar refractivity (Wildman–Crippen MR) is 127 cm³/mol. The number of hydrogen-bond donors (Lipinski definition) is 0. The summed E-state index contributed by atoms with van der Waals surface area (Å²) in [5.41, 5.74) is 2.37. The van der Waals surface area contributed by atoms with Crippen LogP contribution in [0.5, 0.6) is 0 Å². The molecule has 0 aromatic carbocycles. The third kappa shape index (κ3) is 5.36. The molecule has 192 valence electrons. The number of hydrogen-bond acceptors (Lipinski definition) is 8. The molecule has 0 saturated carbocycles. The van der Waals surface area contributed by atoms with Gasteiger partial charge in [-0.1, -0.05) is 25.0 Å². The highest BCUT2D eigenvalue weighted by atomic mass is 16.6. The van der Waals surface area contributed by atoms with E-state index in [9.17, 15) is 19.2 Å². The van der Waals surface area contributed by atoms with Gasteiger partial charge in [0, 0.05) is 25.8 Å². The largest absolute Gasteiger partial charge is 0.462 e. The van der Waals surface area contributed by atoms with Crippen molar-refractivity contribution in [2.75, 3.05) is 0 Å². The van der Waals surface area contributed by atoms with Gasteiger partial charge >= 0.3 is 23.9 Å². The van der Waals surface area contributed by atoms with E-state index in [0.717, 1.165) is 16.7 Å². The number of ether oxygens (including phenoxy) is 4. The second-order valence-electron chi connectivity index (χ2n) is 10.00. The summed E-state index contributed by atoms with van der Waals surface area (Å²) in [4.78, 5) is 49.3. The van der Waals surface area contributed by atoms with Crippen LogP contribution < -0.4 is 0 Å². The van der Waals surface area contributed by atoms with Crippen molar-refractivity contribution < 1.29 is 38.1 Å². The summed E-state index contributed by atoms with van der Waals surface area (Å²) < 4.78 is 23.1. The minimum absolute atomic E-state index is 0.196. The highest BCUT2D eigenvalue weighted by Gasteiger charge is 2.57. The van der Waals surface area contributed by atoms with Crippen molar-refractivity contribution in [3.8, 4) is 0 Å². The van der Waals surface area contributed by atoms with E-state index < -0.39 is 41.8 Å². The fourth-order valence-electron chi connectivity index (χ4n) is 5.64. The summed E-state index contributed by atoms with van der Waals surface area (Å²) in [6, 6.07) is 0. The molecule has 0 spiro atoms. The second kappa shape index (κ2) is 10.4. The summed E-state index contributed by atoms with van der Waals surface area (Å²) in [6.45, 7) is 11.9. The maximum absolute atomic E-state index is 12.6. The molecule has 3 aliphatic rings. The highest BCUT2D eigenvalue weighted by Crippen LogP contribution is 2.52. The van der Waals surface area contributed by atoms with E-state index in [1.165, 1.54) is 13.8 Å². The van der Waals surface area contributed by atoms with Crippen LogP contribution in [0.4, 0.5) is 0 Å². The first-order chi connectivity index (χ1) is 16.4. The molecule has 3 rings (SSSR count). The zero-order valence-corrected chi connectivity index (χ0v) is 21.6. The smallest absolute Gasteiger partial charge is 0.334 e. The summed E-state index contributed by atoms with van der Waals surface area (Å²) in [5, 5.41) is 0. The quantitative estimate of drug-likeness (QED) is 0.331. The summed E-state index contributed by atoms with van der Waals surface area (Å²) in [5.74, 6) is -2.02. The van der Waals surface area contributed by atoms with Crippen molar-refractivity contribution >= 4 is 23.9 Å². The van der Waals surface area contributed by atoms with Gasteiger partial charge in [0.25, 0.3) is 0 Å². The fraction of sp³-hybridized carbons (Fsp3) is 0.630. The van der Waals surface area contributed by atoms with E-state index in [1.807, 2.05) is 26.8 Å². The van der Waals surface area contributed by atoms with Crippen LogP contribution in [0.25, 0.3) is 0 Å². The zero-order chi connectivity index (χ0) is 26.1. The van der Waals surface area contributed by atoms with Crippen LogP contribution in [-0.2, 0) is 38.1 Å². The Labute approximate surface area is 206 Å². The van der Waals surface area contributed by atoms with Crippen LogP contribution in [0.15, 0.2) is 34.4 Å². The summed E-state index contributed by atoms with van der Waals surface area (Å²) in [7, 11) is 0. The van der Waals surface area contributed by atoms with E-state index in [1.54, 1.807) is 19.9 Å². The molecule has 0 aromatic rings. The average Bonchev–Trinajstić information content (AvgIpc) is 3.02. The van der Waals surface area contributed by atoms with E-state index in [4.69, 9.17) is 18.9 Å². The lowest BCUT2D eigenvalue weighted by atomic mass is 9.58. The van der Waals surface area contributed by atoms with Crippen molar-refractivity contribution in [1.82, 2.24) is 0 Å². The lowest BCUT2D eigenvalue weighted by Crippen LogP contribution is -2.59. The van der Waals surface area contributed by atoms with Gasteiger partial charge in [-0.15, -0.1) is 0 Å². The SMILES string of the molecule is CCC(=O)O[C@@H]1CC/C(C)=C\[C@@H]2OC(=O)C(C)=C2CC2C(C)=C[C@H](OC(C)=O)[C@H](OC(C)=O)[C@@]21C. The molecule has 2 aliphatic carbocycles. The van der Waals surface area contributed by atoms with Gasteiger partial charge in [-0.3, -0.25) is 14.4 Å². The molecule has 0 amide bonds. The molecule has 8 heteroatoms. The van der Waals surface area contributed by atoms with E-state index in [-0.39, 0.29) is 24.3 Å². The molecule has 8 nitrogen and oxygen atoms in total. The third-order valence-electron chi connectivity index (χ3n) is 7.52. The Morgan fingerprint density at radius 3 is 2.31 bits per heavy atom. The standard InChI is InChI=1S/C27H36O8/c1-8-24(30)35-23-10-9-14(2)11-21-19(16(4)26(31)34-21)13-20-15(3)12-22(32-17(5)28)25(27(20,23)7)33-18(6)29/h11-12,20-23,25H,8-10,13H2,1-7H3/b14-11-/t20?,21-,22-,23+,25-,27-/m0/s1. The number of rotatable bonds is 4.